The number of hydroxylamine groups is 1. The Kier molecular flexibility index (Phi) is 13.5. The molecule has 0 saturated carbocycles. The number of rotatable bonds is 14. The third kappa shape index (κ3) is 17.1. The molecule has 2 amide bonds. The highest BCUT2D eigenvalue weighted by molar-refractivity contribution is 5.79. The second-order valence-corrected chi connectivity index (χ2v) is 6.46. The van der Waals surface area contributed by atoms with Crippen molar-refractivity contribution in [2.45, 2.75) is 52.6 Å². The minimum absolute atomic E-state index is 0.000193. The van der Waals surface area contributed by atoms with Crippen LogP contribution in [0.5, 0.6) is 0 Å². The molecule has 0 fully saturated rings. The molecular formula is C17H32N2O7. The van der Waals surface area contributed by atoms with Crippen LogP contribution in [-0.4, -0.2) is 63.0 Å². The summed E-state index contributed by atoms with van der Waals surface area (Å²) in [5.41, 5.74) is 1.44. The van der Waals surface area contributed by atoms with E-state index in [2.05, 4.69) is 10.8 Å². The molecule has 0 spiro atoms. The lowest BCUT2D eigenvalue weighted by molar-refractivity contribution is -0.126. The minimum Gasteiger partial charge on any atom is -0.442 e. The van der Waals surface area contributed by atoms with Gasteiger partial charge in [0.05, 0.1) is 19.8 Å². The average molecular weight is 376 g/mol. The van der Waals surface area contributed by atoms with Gasteiger partial charge in [-0.05, 0) is 27.2 Å². The molecule has 0 aromatic heterocycles. The number of Topliss-reactive ketones (excluding diaryl/α,β-unsaturated/α-hetero) is 1. The van der Waals surface area contributed by atoms with Crippen LogP contribution in [0.3, 0.4) is 0 Å². The average Bonchev–Trinajstić information content (AvgIpc) is 2.54. The van der Waals surface area contributed by atoms with Crippen molar-refractivity contribution >= 4 is 17.8 Å². The summed E-state index contributed by atoms with van der Waals surface area (Å²) < 4.78 is 15.6. The van der Waals surface area contributed by atoms with Gasteiger partial charge in [-0.3, -0.25) is 14.4 Å². The van der Waals surface area contributed by atoms with Gasteiger partial charge in [-0.2, -0.15) is 5.48 Å². The molecule has 0 aliphatic carbocycles. The van der Waals surface area contributed by atoms with Crippen LogP contribution < -0.4 is 10.8 Å². The van der Waals surface area contributed by atoms with E-state index in [1.165, 1.54) is 0 Å². The van der Waals surface area contributed by atoms with Crippen molar-refractivity contribution in [3.05, 3.63) is 0 Å². The summed E-state index contributed by atoms with van der Waals surface area (Å²) in [5.74, 6) is -0.146. The van der Waals surface area contributed by atoms with Crippen molar-refractivity contribution in [1.29, 1.82) is 0 Å². The van der Waals surface area contributed by atoms with Gasteiger partial charge in [0, 0.05) is 26.0 Å². The van der Waals surface area contributed by atoms with Crippen molar-refractivity contribution in [3.63, 3.8) is 0 Å². The predicted molar refractivity (Wildman–Crippen MR) is 94.5 cm³/mol. The highest BCUT2D eigenvalue weighted by Gasteiger charge is 2.16. The summed E-state index contributed by atoms with van der Waals surface area (Å²) in [6.07, 6.45) is 0.577. The van der Waals surface area contributed by atoms with Crippen molar-refractivity contribution in [1.82, 2.24) is 10.8 Å². The maximum absolute atomic E-state index is 11.6. The Balaban J connectivity index is 3.39. The molecule has 0 aromatic carbocycles. The van der Waals surface area contributed by atoms with Gasteiger partial charge in [0.2, 0.25) is 5.91 Å². The lowest BCUT2D eigenvalue weighted by Gasteiger charge is -2.19. The second-order valence-electron chi connectivity index (χ2n) is 6.46. The molecule has 0 unspecified atom stereocenters. The van der Waals surface area contributed by atoms with Crippen LogP contribution in [0.2, 0.25) is 0 Å². The Morgan fingerprint density at radius 2 is 1.62 bits per heavy atom. The molecule has 9 heteroatoms. The van der Waals surface area contributed by atoms with Gasteiger partial charge in [-0.15, -0.1) is 0 Å². The van der Waals surface area contributed by atoms with Gasteiger partial charge in [0.15, 0.2) is 5.78 Å². The van der Waals surface area contributed by atoms with Crippen molar-refractivity contribution in [2.75, 3.05) is 39.6 Å². The van der Waals surface area contributed by atoms with Gasteiger partial charge in [-0.25, -0.2) is 4.79 Å². The summed E-state index contributed by atoms with van der Waals surface area (Å²) in [6, 6.07) is 0. The molecule has 0 heterocycles. The summed E-state index contributed by atoms with van der Waals surface area (Å²) in [6.45, 7) is 8.97. The maximum atomic E-state index is 11.6. The standard InChI is InChI=1S/C17H32N2O7/c1-5-15(21)18-8-10-24-12-11-23-9-6-7-14(20)13-25-19-16(22)26-17(2,3)4/h5-13H2,1-4H3,(H,18,21)(H,19,22). The number of carbonyl (C=O) groups is 3. The van der Waals surface area contributed by atoms with E-state index < -0.39 is 11.7 Å². The molecule has 152 valence electrons. The van der Waals surface area contributed by atoms with Crippen LogP contribution in [0.4, 0.5) is 4.79 Å². The normalized spacial score (nSPS) is 11.1. The first kappa shape index (κ1) is 24.3. The molecule has 0 atom stereocenters. The first-order chi connectivity index (χ1) is 12.2. The number of ether oxygens (including phenoxy) is 3. The molecule has 0 aliphatic heterocycles. The van der Waals surface area contributed by atoms with Crippen molar-refractivity contribution in [3.8, 4) is 0 Å². The smallest absolute Gasteiger partial charge is 0.431 e. The number of ketones is 1. The monoisotopic (exact) mass is 376 g/mol. The number of nitrogens with one attached hydrogen (secondary N) is 2. The molecule has 0 saturated heterocycles. The van der Waals surface area contributed by atoms with Crippen molar-refractivity contribution in [2.24, 2.45) is 0 Å². The Bertz CT molecular complexity index is 422. The zero-order chi connectivity index (χ0) is 19.8. The number of hydrogen-bond donors (Lipinski definition) is 2. The van der Waals surface area contributed by atoms with E-state index in [4.69, 9.17) is 19.0 Å². The van der Waals surface area contributed by atoms with Crippen molar-refractivity contribution < 1.29 is 33.4 Å². The first-order valence-electron chi connectivity index (χ1n) is 8.79. The predicted octanol–water partition coefficient (Wildman–Crippen LogP) is 1.35. The largest absolute Gasteiger partial charge is 0.442 e. The van der Waals surface area contributed by atoms with Gasteiger partial charge in [-0.1, -0.05) is 6.92 Å². The fourth-order valence-corrected chi connectivity index (χ4v) is 1.63. The van der Waals surface area contributed by atoms with Gasteiger partial charge < -0.3 is 19.5 Å². The highest BCUT2D eigenvalue weighted by Crippen LogP contribution is 2.06. The van der Waals surface area contributed by atoms with E-state index in [0.717, 1.165) is 0 Å². The summed E-state index contributed by atoms with van der Waals surface area (Å²) in [7, 11) is 0. The maximum Gasteiger partial charge on any atom is 0.431 e. The lowest BCUT2D eigenvalue weighted by atomic mass is 10.2. The van der Waals surface area contributed by atoms with Crippen LogP contribution in [0.15, 0.2) is 0 Å². The first-order valence-corrected chi connectivity index (χ1v) is 8.79. The third-order valence-electron chi connectivity index (χ3n) is 2.79. The molecule has 2 N–H and O–H groups in total. The van der Waals surface area contributed by atoms with E-state index in [1.54, 1.807) is 27.7 Å². The molecule has 0 bridgehead atoms. The Hall–Kier alpha value is -1.71. The fraction of sp³-hybridized carbons (Fsp3) is 0.824. The Morgan fingerprint density at radius 3 is 2.23 bits per heavy atom. The second kappa shape index (κ2) is 14.5. The van der Waals surface area contributed by atoms with E-state index in [0.29, 0.717) is 52.2 Å². The zero-order valence-corrected chi connectivity index (χ0v) is 16.2. The molecule has 0 aliphatic rings. The van der Waals surface area contributed by atoms with E-state index >= 15 is 0 Å². The van der Waals surface area contributed by atoms with E-state index in [1.807, 2.05) is 0 Å². The number of amides is 2. The number of carbonyl (C=O) groups excluding carboxylic acids is 3. The van der Waals surface area contributed by atoms with Crippen LogP contribution in [0, 0.1) is 0 Å². The van der Waals surface area contributed by atoms with Gasteiger partial charge >= 0.3 is 6.09 Å². The fourth-order valence-electron chi connectivity index (χ4n) is 1.63. The Labute approximate surface area is 155 Å². The highest BCUT2D eigenvalue weighted by atomic mass is 16.7. The Morgan fingerprint density at radius 1 is 0.962 bits per heavy atom. The molecule has 9 nitrogen and oxygen atoms in total. The van der Waals surface area contributed by atoms with Crippen LogP contribution in [0.1, 0.15) is 47.0 Å². The van der Waals surface area contributed by atoms with Gasteiger partial charge in [0.1, 0.15) is 12.2 Å². The topological polar surface area (TPSA) is 112 Å². The third-order valence-corrected chi connectivity index (χ3v) is 2.79. The summed E-state index contributed by atoms with van der Waals surface area (Å²) >= 11 is 0. The van der Waals surface area contributed by atoms with Gasteiger partial charge in [0.25, 0.3) is 0 Å². The quantitative estimate of drug-likeness (QED) is 0.348. The van der Waals surface area contributed by atoms with Crippen LogP contribution in [-0.2, 0) is 28.6 Å². The summed E-state index contributed by atoms with van der Waals surface area (Å²) in [5, 5.41) is 2.70. The van der Waals surface area contributed by atoms with Crippen LogP contribution in [0.25, 0.3) is 0 Å². The SMILES string of the molecule is CCC(=O)NCCOCCOCCCC(=O)CONC(=O)OC(C)(C)C. The zero-order valence-electron chi connectivity index (χ0n) is 16.2. The molecule has 0 rings (SSSR count). The van der Waals surface area contributed by atoms with Crippen LogP contribution >= 0.6 is 0 Å². The van der Waals surface area contributed by atoms with E-state index in [-0.39, 0.29) is 18.3 Å². The summed E-state index contributed by atoms with van der Waals surface area (Å²) in [4.78, 5) is 38.6. The number of hydrogen-bond acceptors (Lipinski definition) is 7. The minimum atomic E-state index is -0.733. The molecule has 0 radical (unpaired) electrons. The lowest BCUT2D eigenvalue weighted by Crippen LogP contribution is -2.33. The molecular weight excluding hydrogens is 344 g/mol. The molecule has 0 aromatic rings. The van der Waals surface area contributed by atoms with E-state index in [9.17, 15) is 14.4 Å². The molecule has 26 heavy (non-hydrogen) atoms.